The van der Waals surface area contributed by atoms with Crippen molar-refractivity contribution in [3.63, 3.8) is 0 Å². The number of carbonyl (C=O) groups excluding carboxylic acids is 2. The number of carbonyl (C=O) groups is 2. The Morgan fingerprint density at radius 1 is 1.02 bits per heavy atom. The molecule has 0 saturated carbocycles. The smallest absolute Gasteiger partial charge is 0.428 e. The monoisotopic (exact) mass is 540 g/mol. The number of amides is 2. The summed E-state index contributed by atoms with van der Waals surface area (Å²) in [6.45, 7) is 8.06. The van der Waals surface area contributed by atoms with E-state index in [1.165, 1.54) is 4.90 Å². The Kier molecular flexibility index (Phi) is 8.58. The second-order valence-electron chi connectivity index (χ2n) is 10.7. The first-order valence-electron chi connectivity index (χ1n) is 13.3. The van der Waals surface area contributed by atoms with Crippen LogP contribution in [0.2, 0.25) is 0 Å². The molecule has 0 radical (unpaired) electrons. The van der Waals surface area contributed by atoms with Crippen LogP contribution in [0.25, 0.3) is 28.2 Å². The van der Waals surface area contributed by atoms with E-state index in [0.717, 1.165) is 40.0 Å². The molecule has 8 heteroatoms. The van der Waals surface area contributed by atoms with Crippen LogP contribution in [-0.4, -0.2) is 46.3 Å². The molecule has 0 unspecified atom stereocenters. The van der Waals surface area contributed by atoms with E-state index in [1.54, 1.807) is 40.9 Å². The fraction of sp³-hybridized carbons (Fsp3) is 0.281. The zero-order valence-corrected chi connectivity index (χ0v) is 23.9. The van der Waals surface area contributed by atoms with Gasteiger partial charge in [-0.2, -0.15) is 0 Å². The zero-order valence-electron chi connectivity index (χ0n) is 23.9. The Morgan fingerprint density at radius 3 is 2.42 bits per heavy atom. The maximum Gasteiger partial charge on any atom is 0.514 e. The van der Waals surface area contributed by atoms with Crippen molar-refractivity contribution in [2.24, 2.45) is 0 Å². The van der Waals surface area contributed by atoms with E-state index in [4.69, 9.17) is 14.5 Å². The summed E-state index contributed by atoms with van der Waals surface area (Å²) in [5.74, 6) is 1.28. The lowest BCUT2D eigenvalue weighted by Crippen LogP contribution is -2.27. The molecule has 1 aromatic heterocycles. The second-order valence-corrected chi connectivity index (χ2v) is 10.7. The quantitative estimate of drug-likeness (QED) is 0.193. The number of fused-ring (bicyclic) bond motifs is 1. The molecule has 0 aliphatic heterocycles. The van der Waals surface area contributed by atoms with Gasteiger partial charge in [0.15, 0.2) is 0 Å². The minimum absolute atomic E-state index is 0.192. The molecule has 1 N–H and O–H groups in total. The molecule has 2 amide bonds. The fourth-order valence-corrected chi connectivity index (χ4v) is 4.10. The molecule has 0 aliphatic carbocycles. The number of imidazole rings is 1. The van der Waals surface area contributed by atoms with Crippen LogP contribution in [0.1, 0.15) is 45.5 Å². The van der Waals surface area contributed by atoms with Gasteiger partial charge in [0.25, 0.3) is 0 Å². The molecule has 0 fully saturated rings. The highest BCUT2D eigenvalue weighted by Gasteiger charge is 2.19. The second kappa shape index (κ2) is 12.1. The molecule has 0 spiro atoms. The minimum Gasteiger partial charge on any atom is -0.428 e. The number of nitrogens with zero attached hydrogens (tertiary/aromatic N) is 3. The van der Waals surface area contributed by atoms with Gasteiger partial charge in [0.2, 0.25) is 0 Å². The first kappa shape index (κ1) is 28.4. The minimum atomic E-state index is -0.739. The van der Waals surface area contributed by atoms with Crippen LogP contribution in [0.4, 0.5) is 15.3 Å². The number of aromatic nitrogens is 2. The Morgan fingerprint density at radius 2 is 1.75 bits per heavy atom. The number of nitrogens with one attached hydrogen (secondary N) is 1. The Bertz CT molecular complexity index is 1530. The molecule has 208 valence electrons. The predicted molar refractivity (Wildman–Crippen MR) is 160 cm³/mol. The number of anilines is 1. The van der Waals surface area contributed by atoms with E-state index >= 15 is 0 Å². The molecule has 0 saturated heterocycles. The molecule has 0 atom stereocenters. The third-order valence-electron chi connectivity index (χ3n) is 6.01. The van der Waals surface area contributed by atoms with Crippen molar-refractivity contribution < 1.29 is 19.1 Å². The highest BCUT2D eigenvalue weighted by Crippen LogP contribution is 2.31. The lowest BCUT2D eigenvalue weighted by Gasteiger charge is -2.19. The van der Waals surface area contributed by atoms with Crippen molar-refractivity contribution in [2.45, 2.75) is 46.3 Å². The van der Waals surface area contributed by atoms with Crippen molar-refractivity contribution in [2.75, 3.05) is 19.4 Å². The van der Waals surface area contributed by atoms with Crippen LogP contribution in [0.15, 0.2) is 72.8 Å². The molecular formula is C32H36N4O4. The van der Waals surface area contributed by atoms with Gasteiger partial charge in [0.05, 0.1) is 11.0 Å². The lowest BCUT2D eigenvalue weighted by atomic mass is 10.0. The summed E-state index contributed by atoms with van der Waals surface area (Å²) in [4.78, 5) is 30.8. The number of urea groups is 1. The number of ether oxygens (including phenoxy) is 2. The van der Waals surface area contributed by atoms with E-state index in [2.05, 4.69) is 35.0 Å². The molecule has 3 aromatic carbocycles. The van der Waals surface area contributed by atoms with Crippen LogP contribution in [0, 0.1) is 0 Å². The molecule has 0 aliphatic rings. The topological polar surface area (TPSA) is 85.7 Å². The average Bonchev–Trinajstić information content (AvgIpc) is 3.23. The van der Waals surface area contributed by atoms with Crippen LogP contribution >= 0.6 is 0 Å². The Labute approximate surface area is 235 Å². The number of rotatable bonds is 7. The molecule has 40 heavy (non-hydrogen) atoms. The van der Waals surface area contributed by atoms with Crippen molar-refractivity contribution in [3.05, 3.63) is 84.2 Å². The fourth-order valence-electron chi connectivity index (χ4n) is 4.10. The molecule has 4 aromatic rings. The lowest BCUT2D eigenvalue weighted by molar-refractivity contribution is 0.0207. The van der Waals surface area contributed by atoms with Crippen LogP contribution in [0.5, 0.6) is 5.75 Å². The van der Waals surface area contributed by atoms with Crippen LogP contribution < -0.4 is 10.1 Å². The molecule has 1 heterocycles. The normalized spacial score (nSPS) is 11.6. The molecule has 8 nitrogen and oxygen atoms in total. The summed E-state index contributed by atoms with van der Waals surface area (Å²) >= 11 is 0. The number of hydrogen-bond acceptors (Lipinski definition) is 5. The van der Waals surface area contributed by atoms with Crippen molar-refractivity contribution in [3.8, 4) is 16.9 Å². The summed E-state index contributed by atoms with van der Waals surface area (Å²) in [5, 5.41) is 2.92. The maximum atomic E-state index is 12.3. The van der Waals surface area contributed by atoms with Gasteiger partial charge in [-0.25, -0.2) is 14.6 Å². The van der Waals surface area contributed by atoms with E-state index in [0.29, 0.717) is 18.0 Å². The van der Waals surface area contributed by atoms with Crippen LogP contribution in [0.3, 0.4) is 0 Å². The summed E-state index contributed by atoms with van der Waals surface area (Å²) < 4.78 is 13.0. The highest BCUT2D eigenvalue weighted by atomic mass is 16.7. The van der Waals surface area contributed by atoms with E-state index in [-0.39, 0.29) is 6.03 Å². The van der Waals surface area contributed by atoms with Gasteiger partial charge in [-0.1, -0.05) is 55.5 Å². The number of benzene rings is 3. The SMILES string of the molecule is CC/C=C/c1nc2ccc(NC(=O)N(C)C)cc2n1Cc1ccc(-c2ccccc2OC(=O)OC(C)(C)C)cc1. The van der Waals surface area contributed by atoms with Gasteiger partial charge in [0, 0.05) is 31.9 Å². The van der Waals surface area contributed by atoms with Gasteiger partial charge in [0.1, 0.15) is 17.2 Å². The summed E-state index contributed by atoms with van der Waals surface area (Å²) in [6, 6.07) is 21.1. The molecule has 4 rings (SSSR count). The maximum absolute atomic E-state index is 12.3. The standard InChI is InChI=1S/C32H36N4O4/c1-7-8-13-29-34-26-19-18-24(33-30(37)35(5)6)20-27(26)36(29)21-22-14-16-23(17-15-22)25-11-9-10-12-28(25)39-31(38)40-32(2,3)4/h8-20H,7,21H2,1-6H3,(H,33,37)/b13-8+. The average molecular weight is 541 g/mol. The van der Waals surface area contributed by atoms with E-state index in [9.17, 15) is 9.59 Å². The number of allylic oxidation sites excluding steroid dienone is 1. The van der Waals surface area contributed by atoms with Gasteiger partial charge in [-0.3, -0.25) is 0 Å². The van der Waals surface area contributed by atoms with Crippen molar-refractivity contribution >= 4 is 35.0 Å². The van der Waals surface area contributed by atoms with Gasteiger partial charge in [-0.05, 0) is 68.7 Å². The van der Waals surface area contributed by atoms with Crippen molar-refractivity contribution in [1.29, 1.82) is 0 Å². The van der Waals surface area contributed by atoms with E-state index in [1.807, 2.05) is 54.6 Å². The Hall–Kier alpha value is -4.59. The summed E-state index contributed by atoms with van der Waals surface area (Å²) in [6.07, 6.45) is 4.26. The largest absolute Gasteiger partial charge is 0.514 e. The Balaban J connectivity index is 1.62. The van der Waals surface area contributed by atoms with Crippen molar-refractivity contribution in [1.82, 2.24) is 14.5 Å². The van der Waals surface area contributed by atoms with E-state index < -0.39 is 11.8 Å². The predicted octanol–water partition coefficient (Wildman–Crippen LogP) is 7.58. The van der Waals surface area contributed by atoms with Crippen LogP contribution in [-0.2, 0) is 11.3 Å². The summed E-state index contributed by atoms with van der Waals surface area (Å²) in [7, 11) is 3.41. The number of para-hydroxylation sites is 1. The molecular weight excluding hydrogens is 504 g/mol. The number of hydrogen-bond donors (Lipinski definition) is 1. The first-order valence-corrected chi connectivity index (χ1v) is 13.3. The zero-order chi connectivity index (χ0) is 28.9. The highest BCUT2D eigenvalue weighted by molar-refractivity contribution is 5.92. The van der Waals surface area contributed by atoms with Gasteiger partial charge in [-0.15, -0.1) is 0 Å². The third kappa shape index (κ3) is 7.08. The third-order valence-corrected chi connectivity index (χ3v) is 6.01. The molecule has 0 bridgehead atoms. The van der Waals surface area contributed by atoms with Gasteiger partial charge < -0.3 is 24.3 Å². The first-order chi connectivity index (χ1) is 19.0. The summed E-state index contributed by atoms with van der Waals surface area (Å²) in [5.41, 5.74) is 4.61. The van der Waals surface area contributed by atoms with Gasteiger partial charge >= 0.3 is 12.2 Å².